The van der Waals surface area contributed by atoms with Gasteiger partial charge in [0.05, 0.1) is 21.7 Å². The van der Waals surface area contributed by atoms with Gasteiger partial charge in [-0.2, -0.15) is 4.31 Å². The summed E-state index contributed by atoms with van der Waals surface area (Å²) in [5.41, 5.74) is 5.25. The third kappa shape index (κ3) is 5.32. The van der Waals surface area contributed by atoms with Gasteiger partial charge >= 0.3 is 0 Å². The Balaban J connectivity index is 1.39. The number of rotatable bonds is 6. The maximum atomic E-state index is 13.9. The van der Waals surface area contributed by atoms with Crippen molar-refractivity contribution in [2.75, 3.05) is 18.0 Å². The smallest absolute Gasteiger partial charge is 0.243 e. The summed E-state index contributed by atoms with van der Waals surface area (Å²) in [6.07, 6.45) is 0.969. The minimum absolute atomic E-state index is 0.00432. The highest BCUT2D eigenvalue weighted by Gasteiger charge is 2.35. The number of nitrogens with zero attached hydrogens (tertiary/aromatic N) is 3. The topological polar surface area (TPSA) is 70.6 Å². The van der Waals surface area contributed by atoms with Crippen molar-refractivity contribution in [3.8, 4) is 0 Å². The van der Waals surface area contributed by atoms with Crippen LogP contribution in [0.2, 0.25) is 0 Å². The Kier molecular flexibility index (Phi) is 7.16. The summed E-state index contributed by atoms with van der Waals surface area (Å²) in [6.45, 7) is 7.14. The van der Waals surface area contributed by atoms with Crippen LogP contribution >= 0.6 is 11.3 Å². The van der Waals surface area contributed by atoms with E-state index in [0.29, 0.717) is 42.5 Å². The van der Waals surface area contributed by atoms with Gasteiger partial charge in [-0.1, -0.05) is 65.4 Å². The molecule has 0 bridgehead atoms. The fraction of sp³-hybridized carbons (Fsp3) is 0.310. The van der Waals surface area contributed by atoms with Crippen molar-refractivity contribution in [3.05, 3.63) is 89.0 Å². The molecule has 0 saturated carbocycles. The number of aromatic nitrogens is 1. The molecular formula is C29H31N3O3S2. The zero-order chi connectivity index (χ0) is 26.2. The molecule has 6 nitrogen and oxygen atoms in total. The number of thiazole rings is 1. The van der Waals surface area contributed by atoms with Crippen molar-refractivity contribution in [1.29, 1.82) is 0 Å². The van der Waals surface area contributed by atoms with E-state index in [1.165, 1.54) is 4.31 Å². The van der Waals surface area contributed by atoms with Crippen LogP contribution in [-0.4, -0.2) is 36.7 Å². The van der Waals surface area contributed by atoms with E-state index in [1.807, 2.05) is 49.4 Å². The number of hydrogen-bond acceptors (Lipinski definition) is 5. The molecule has 0 spiro atoms. The van der Waals surface area contributed by atoms with Crippen molar-refractivity contribution in [3.63, 3.8) is 0 Å². The molecule has 0 atom stereocenters. The second kappa shape index (κ2) is 10.4. The zero-order valence-corrected chi connectivity index (χ0v) is 23.0. The molecule has 0 unspecified atom stereocenters. The van der Waals surface area contributed by atoms with Gasteiger partial charge in [-0.15, -0.1) is 0 Å². The fourth-order valence-corrected chi connectivity index (χ4v) is 7.40. The Labute approximate surface area is 222 Å². The average molecular weight is 534 g/mol. The molecule has 3 aromatic carbocycles. The molecule has 5 rings (SSSR count). The predicted octanol–water partition coefficient (Wildman–Crippen LogP) is 5.86. The van der Waals surface area contributed by atoms with Crippen LogP contribution in [0.5, 0.6) is 0 Å². The normalized spacial score (nSPS) is 15.2. The molecule has 0 aliphatic carbocycles. The molecule has 1 aliphatic rings. The van der Waals surface area contributed by atoms with Crippen LogP contribution in [0.15, 0.2) is 71.6 Å². The van der Waals surface area contributed by atoms with Crippen molar-refractivity contribution in [2.45, 2.75) is 45.1 Å². The number of piperidine rings is 1. The lowest BCUT2D eigenvalue weighted by Gasteiger charge is -2.33. The Morgan fingerprint density at radius 2 is 1.65 bits per heavy atom. The number of fused-ring (bicyclic) bond motifs is 1. The number of carbonyl (C=O) groups is 1. The summed E-state index contributed by atoms with van der Waals surface area (Å²) in [6, 6.07) is 21.1. The van der Waals surface area contributed by atoms with Crippen molar-refractivity contribution < 1.29 is 13.2 Å². The van der Waals surface area contributed by atoms with Crippen LogP contribution in [-0.2, 0) is 21.4 Å². The van der Waals surface area contributed by atoms with Crippen LogP contribution in [0, 0.1) is 26.7 Å². The molecular weight excluding hydrogens is 502 g/mol. The Morgan fingerprint density at radius 3 is 2.32 bits per heavy atom. The largest absolute Gasteiger partial charge is 0.283 e. The summed E-state index contributed by atoms with van der Waals surface area (Å²) < 4.78 is 28.9. The number of sulfonamides is 1. The Morgan fingerprint density at radius 1 is 0.973 bits per heavy atom. The summed E-state index contributed by atoms with van der Waals surface area (Å²) in [5, 5.41) is 0.687. The number of hydrogen-bond donors (Lipinski definition) is 0. The van der Waals surface area contributed by atoms with E-state index in [-0.39, 0.29) is 11.8 Å². The van der Waals surface area contributed by atoms with Crippen LogP contribution < -0.4 is 4.90 Å². The van der Waals surface area contributed by atoms with E-state index >= 15 is 0 Å². The fourth-order valence-electron chi connectivity index (χ4n) is 4.91. The number of benzene rings is 3. The van der Waals surface area contributed by atoms with E-state index in [0.717, 1.165) is 32.5 Å². The first-order valence-electron chi connectivity index (χ1n) is 12.5. The number of anilines is 1. The third-order valence-corrected chi connectivity index (χ3v) is 10.1. The highest BCUT2D eigenvalue weighted by Crippen LogP contribution is 2.35. The standard InChI is InChI=1S/C29H31N3O3S2/c1-20-9-11-25(12-10-20)37(34,35)31-15-13-24(14-16-31)28(33)32(19-23-7-5-4-6-8-23)29-30-26-18-21(2)17-22(3)27(26)36-29/h4-12,17-18,24H,13-16,19H2,1-3H3. The van der Waals surface area contributed by atoms with Crippen LogP contribution in [0.3, 0.4) is 0 Å². The average Bonchev–Trinajstić information content (AvgIpc) is 3.32. The molecule has 1 saturated heterocycles. The van der Waals surface area contributed by atoms with Gasteiger partial charge in [0.15, 0.2) is 5.13 Å². The molecule has 192 valence electrons. The van der Waals surface area contributed by atoms with Gasteiger partial charge in [0.25, 0.3) is 0 Å². The molecule has 8 heteroatoms. The minimum Gasteiger partial charge on any atom is -0.283 e. The van der Waals surface area contributed by atoms with Gasteiger partial charge in [0, 0.05) is 19.0 Å². The lowest BCUT2D eigenvalue weighted by Crippen LogP contribution is -2.44. The highest BCUT2D eigenvalue weighted by atomic mass is 32.2. The van der Waals surface area contributed by atoms with E-state index in [9.17, 15) is 13.2 Å². The van der Waals surface area contributed by atoms with E-state index in [1.54, 1.807) is 28.4 Å². The molecule has 37 heavy (non-hydrogen) atoms. The first-order chi connectivity index (χ1) is 17.7. The zero-order valence-electron chi connectivity index (χ0n) is 21.3. The summed E-state index contributed by atoms with van der Waals surface area (Å²) in [5.74, 6) is -0.257. The SMILES string of the molecule is Cc1ccc(S(=O)(=O)N2CCC(C(=O)N(Cc3ccccc3)c3nc4cc(C)cc(C)c4s3)CC2)cc1. The van der Waals surface area contributed by atoms with E-state index in [2.05, 4.69) is 26.0 Å². The van der Waals surface area contributed by atoms with Crippen molar-refractivity contribution >= 4 is 42.6 Å². The molecule has 1 fully saturated rings. The van der Waals surface area contributed by atoms with Gasteiger partial charge in [0.1, 0.15) is 0 Å². The first-order valence-corrected chi connectivity index (χ1v) is 14.8. The first kappa shape index (κ1) is 25.6. The molecule has 4 aromatic rings. The lowest BCUT2D eigenvalue weighted by atomic mass is 9.96. The molecule has 1 aromatic heterocycles. The van der Waals surface area contributed by atoms with Crippen LogP contribution in [0.4, 0.5) is 5.13 Å². The van der Waals surface area contributed by atoms with Gasteiger partial charge in [0.2, 0.25) is 15.9 Å². The van der Waals surface area contributed by atoms with Gasteiger partial charge in [-0.3, -0.25) is 9.69 Å². The minimum atomic E-state index is -3.58. The Bertz CT molecular complexity index is 1520. The van der Waals surface area contributed by atoms with E-state index in [4.69, 9.17) is 4.98 Å². The van der Waals surface area contributed by atoms with Crippen LogP contribution in [0.25, 0.3) is 10.2 Å². The highest BCUT2D eigenvalue weighted by molar-refractivity contribution is 7.89. The van der Waals surface area contributed by atoms with Gasteiger partial charge < -0.3 is 0 Å². The number of carbonyl (C=O) groups excluding carboxylic acids is 1. The quantitative estimate of drug-likeness (QED) is 0.311. The molecule has 0 N–H and O–H groups in total. The van der Waals surface area contributed by atoms with Crippen LogP contribution in [0.1, 0.15) is 35.1 Å². The van der Waals surface area contributed by atoms with E-state index < -0.39 is 10.0 Å². The molecule has 1 amide bonds. The summed E-state index contributed by atoms with van der Waals surface area (Å²) in [4.78, 5) is 20.9. The second-order valence-electron chi connectivity index (χ2n) is 9.83. The third-order valence-electron chi connectivity index (χ3n) is 6.95. The van der Waals surface area contributed by atoms with Gasteiger partial charge in [-0.05, 0) is 68.5 Å². The molecule has 1 aliphatic heterocycles. The summed E-state index contributed by atoms with van der Waals surface area (Å²) in [7, 11) is -3.58. The predicted molar refractivity (Wildman–Crippen MR) is 149 cm³/mol. The molecule has 0 radical (unpaired) electrons. The molecule has 2 heterocycles. The summed E-state index contributed by atoms with van der Waals surface area (Å²) >= 11 is 1.54. The number of amides is 1. The van der Waals surface area contributed by atoms with Crippen molar-refractivity contribution in [2.24, 2.45) is 5.92 Å². The maximum Gasteiger partial charge on any atom is 0.243 e. The van der Waals surface area contributed by atoms with Crippen molar-refractivity contribution in [1.82, 2.24) is 9.29 Å². The lowest BCUT2D eigenvalue weighted by molar-refractivity contribution is -0.123. The van der Waals surface area contributed by atoms with Gasteiger partial charge in [-0.25, -0.2) is 13.4 Å². The number of aryl methyl sites for hydroxylation is 3. The maximum absolute atomic E-state index is 13.9. The Hall–Kier alpha value is -3.07. The second-order valence-corrected chi connectivity index (χ2v) is 12.7. The monoisotopic (exact) mass is 533 g/mol.